The van der Waals surface area contributed by atoms with Crippen molar-refractivity contribution in [3.63, 3.8) is 0 Å². The molecule has 1 aromatic carbocycles. The van der Waals surface area contributed by atoms with Gasteiger partial charge in [-0.15, -0.1) is 0 Å². The third-order valence-corrected chi connectivity index (χ3v) is 3.21. The highest BCUT2D eigenvalue weighted by Gasteiger charge is 2.10. The van der Waals surface area contributed by atoms with Crippen LogP contribution in [0.4, 0.5) is 5.69 Å². The molecule has 3 N–H and O–H groups in total. The Morgan fingerprint density at radius 2 is 2.19 bits per heavy atom. The molecule has 1 aromatic rings. The van der Waals surface area contributed by atoms with Gasteiger partial charge in [0.05, 0.1) is 5.02 Å². The summed E-state index contributed by atoms with van der Waals surface area (Å²) in [6.45, 7) is 4.31. The molecule has 1 unspecified atom stereocenters. The van der Waals surface area contributed by atoms with Crippen molar-refractivity contribution in [3.05, 3.63) is 28.8 Å². The van der Waals surface area contributed by atoms with E-state index in [1.807, 2.05) is 19.2 Å². The fourth-order valence-corrected chi connectivity index (χ4v) is 1.75. The molecule has 0 heterocycles. The number of nitrogens with zero attached hydrogens (tertiary/aromatic N) is 1. The second-order valence-corrected chi connectivity index (χ2v) is 4.35. The van der Waals surface area contributed by atoms with Gasteiger partial charge in [-0.25, -0.2) is 0 Å². The lowest BCUT2D eigenvalue weighted by Crippen LogP contribution is -2.28. The smallest absolute Gasteiger partial charge is 0.124 e. The van der Waals surface area contributed by atoms with Crippen molar-refractivity contribution in [1.82, 2.24) is 0 Å². The average Bonchev–Trinajstić information content (AvgIpc) is 2.26. The summed E-state index contributed by atoms with van der Waals surface area (Å²) in [4.78, 5) is 2.16. The number of nitrogens with two attached hydrogens (primary N) is 1. The Bertz CT molecular complexity index is 390. The second kappa shape index (κ2) is 5.21. The number of hydrogen-bond donors (Lipinski definition) is 2. The van der Waals surface area contributed by atoms with Crippen molar-refractivity contribution in [2.75, 3.05) is 11.9 Å². The summed E-state index contributed by atoms with van der Waals surface area (Å²) in [5, 5.41) is 7.88. The molecular formula is C12H18ClN3. The van der Waals surface area contributed by atoms with E-state index in [2.05, 4.69) is 18.7 Å². The van der Waals surface area contributed by atoms with Crippen LogP contribution < -0.4 is 10.6 Å². The minimum atomic E-state index is 0.00254. The second-order valence-electron chi connectivity index (χ2n) is 3.95. The number of rotatable bonds is 4. The van der Waals surface area contributed by atoms with Gasteiger partial charge in [0.15, 0.2) is 0 Å². The van der Waals surface area contributed by atoms with E-state index in [9.17, 15) is 0 Å². The van der Waals surface area contributed by atoms with Crippen molar-refractivity contribution >= 4 is 23.1 Å². The average molecular weight is 240 g/mol. The Labute approximate surface area is 102 Å². The summed E-state index contributed by atoms with van der Waals surface area (Å²) in [5.74, 6) is 0.00254. The molecule has 0 aliphatic rings. The zero-order valence-corrected chi connectivity index (χ0v) is 10.7. The van der Waals surface area contributed by atoms with E-state index in [1.165, 1.54) is 0 Å². The Hall–Kier alpha value is -1.22. The zero-order valence-electron chi connectivity index (χ0n) is 9.92. The molecule has 1 atom stereocenters. The highest BCUT2D eigenvalue weighted by molar-refractivity contribution is 6.34. The van der Waals surface area contributed by atoms with Gasteiger partial charge in [0.1, 0.15) is 5.84 Å². The SMILES string of the molecule is CCC(C)N(C)c1ccc(C(=N)N)c(Cl)c1. The van der Waals surface area contributed by atoms with E-state index in [1.54, 1.807) is 6.07 Å². The van der Waals surface area contributed by atoms with Crippen LogP contribution in [0.15, 0.2) is 18.2 Å². The molecule has 1 rings (SSSR count). The number of hydrogen-bond acceptors (Lipinski definition) is 2. The van der Waals surface area contributed by atoms with Gasteiger partial charge in [0.25, 0.3) is 0 Å². The van der Waals surface area contributed by atoms with Crippen molar-refractivity contribution in [2.45, 2.75) is 26.3 Å². The maximum absolute atomic E-state index is 7.35. The first-order chi connectivity index (χ1) is 7.47. The number of nitrogen functional groups attached to an aromatic ring is 1. The quantitative estimate of drug-likeness (QED) is 0.627. The fraction of sp³-hybridized carbons (Fsp3) is 0.417. The summed E-state index contributed by atoms with van der Waals surface area (Å²) >= 11 is 6.07. The molecule has 0 amide bonds. The third-order valence-electron chi connectivity index (χ3n) is 2.90. The Kier molecular flexibility index (Phi) is 4.19. The zero-order chi connectivity index (χ0) is 12.3. The third kappa shape index (κ3) is 2.67. The summed E-state index contributed by atoms with van der Waals surface area (Å²) < 4.78 is 0. The van der Waals surface area contributed by atoms with Gasteiger partial charge in [0, 0.05) is 24.3 Å². The standard InChI is InChI=1S/C12H18ClN3/c1-4-8(2)16(3)9-5-6-10(12(14)15)11(13)7-9/h5-8H,4H2,1-3H3,(H3,14,15). The van der Waals surface area contributed by atoms with Gasteiger partial charge in [-0.3, -0.25) is 5.41 Å². The topological polar surface area (TPSA) is 53.1 Å². The van der Waals surface area contributed by atoms with Crippen LogP contribution in [0.5, 0.6) is 0 Å². The Morgan fingerprint density at radius 1 is 1.56 bits per heavy atom. The largest absolute Gasteiger partial charge is 0.384 e. The van der Waals surface area contributed by atoms with Crippen LogP contribution in [0.25, 0.3) is 0 Å². The normalized spacial score (nSPS) is 12.2. The summed E-state index contributed by atoms with van der Waals surface area (Å²) in [6.07, 6.45) is 1.07. The van der Waals surface area contributed by atoms with Crippen molar-refractivity contribution in [2.24, 2.45) is 5.73 Å². The molecule has 0 radical (unpaired) electrons. The predicted octanol–water partition coefficient (Wildman–Crippen LogP) is 2.86. The molecule has 0 aliphatic carbocycles. The lowest BCUT2D eigenvalue weighted by atomic mass is 10.1. The van der Waals surface area contributed by atoms with Crippen LogP contribution in [-0.2, 0) is 0 Å². The molecule has 4 heteroatoms. The van der Waals surface area contributed by atoms with Gasteiger partial charge < -0.3 is 10.6 Å². The molecule has 88 valence electrons. The van der Waals surface area contributed by atoms with Crippen molar-refractivity contribution in [3.8, 4) is 0 Å². The van der Waals surface area contributed by atoms with Crippen LogP contribution in [0.2, 0.25) is 5.02 Å². The van der Waals surface area contributed by atoms with Crippen LogP contribution in [-0.4, -0.2) is 18.9 Å². The molecule has 3 nitrogen and oxygen atoms in total. The van der Waals surface area contributed by atoms with Gasteiger partial charge in [0.2, 0.25) is 0 Å². The van der Waals surface area contributed by atoms with Crippen LogP contribution in [0, 0.1) is 5.41 Å². The van der Waals surface area contributed by atoms with Gasteiger partial charge >= 0.3 is 0 Å². The van der Waals surface area contributed by atoms with E-state index >= 15 is 0 Å². The van der Waals surface area contributed by atoms with E-state index in [0.717, 1.165) is 12.1 Å². The first-order valence-corrected chi connectivity index (χ1v) is 5.72. The van der Waals surface area contributed by atoms with Crippen LogP contribution >= 0.6 is 11.6 Å². The number of amidine groups is 1. The molecule has 0 bridgehead atoms. The van der Waals surface area contributed by atoms with Crippen molar-refractivity contribution < 1.29 is 0 Å². The molecule has 0 saturated heterocycles. The Morgan fingerprint density at radius 3 is 2.62 bits per heavy atom. The maximum atomic E-state index is 7.35. The summed E-state index contributed by atoms with van der Waals surface area (Å²) in [7, 11) is 2.03. The highest BCUT2D eigenvalue weighted by Crippen LogP contribution is 2.24. The number of anilines is 1. The lowest BCUT2D eigenvalue weighted by molar-refractivity contribution is 0.664. The number of benzene rings is 1. The van der Waals surface area contributed by atoms with E-state index in [4.69, 9.17) is 22.7 Å². The van der Waals surface area contributed by atoms with Crippen LogP contribution in [0.3, 0.4) is 0 Å². The Balaban J connectivity index is 3.01. The number of halogens is 1. The maximum Gasteiger partial charge on any atom is 0.124 e. The van der Waals surface area contributed by atoms with Crippen molar-refractivity contribution in [1.29, 1.82) is 5.41 Å². The minimum absolute atomic E-state index is 0.00254. The number of nitrogens with one attached hydrogen (secondary N) is 1. The summed E-state index contributed by atoms with van der Waals surface area (Å²) in [5.41, 5.74) is 7.04. The highest BCUT2D eigenvalue weighted by atomic mass is 35.5. The molecule has 0 aliphatic heterocycles. The van der Waals surface area contributed by atoms with Gasteiger partial charge in [-0.05, 0) is 31.5 Å². The first kappa shape index (κ1) is 12.8. The monoisotopic (exact) mass is 239 g/mol. The molecule has 0 fully saturated rings. The molecular weight excluding hydrogens is 222 g/mol. The first-order valence-electron chi connectivity index (χ1n) is 5.34. The molecule has 16 heavy (non-hydrogen) atoms. The van der Waals surface area contributed by atoms with E-state index < -0.39 is 0 Å². The van der Waals surface area contributed by atoms with Gasteiger partial charge in [-0.1, -0.05) is 18.5 Å². The van der Waals surface area contributed by atoms with E-state index in [0.29, 0.717) is 16.6 Å². The van der Waals surface area contributed by atoms with Crippen LogP contribution in [0.1, 0.15) is 25.8 Å². The fourth-order valence-electron chi connectivity index (χ4n) is 1.47. The summed E-state index contributed by atoms with van der Waals surface area (Å²) in [6, 6.07) is 6.04. The molecule has 0 saturated carbocycles. The lowest BCUT2D eigenvalue weighted by Gasteiger charge is -2.26. The van der Waals surface area contributed by atoms with E-state index in [-0.39, 0.29) is 5.84 Å². The molecule has 0 aromatic heterocycles. The van der Waals surface area contributed by atoms with Gasteiger partial charge in [-0.2, -0.15) is 0 Å². The minimum Gasteiger partial charge on any atom is -0.384 e. The molecule has 0 spiro atoms. The predicted molar refractivity (Wildman–Crippen MR) is 70.6 cm³/mol.